The van der Waals surface area contributed by atoms with Crippen LogP contribution in [0.25, 0.3) is 0 Å². The molecule has 0 aromatic carbocycles. The van der Waals surface area contributed by atoms with Crippen LogP contribution in [0, 0.1) is 12.8 Å². The second-order valence-electron chi connectivity index (χ2n) is 6.50. The fourth-order valence-electron chi connectivity index (χ4n) is 3.14. The van der Waals surface area contributed by atoms with Crippen LogP contribution in [0.2, 0.25) is 0 Å². The zero-order valence-electron chi connectivity index (χ0n) is 13.4. The molecule has 0 amide bonds. The monoisotopic (exact) mass is 305 g/mol. The van der Waals surface area contributed by atoms with Gasteiger partial charge in [0.25, 0.3) is 0 Å². The first-order valence-electron chi connectivity index (χ1n) is 8.02. The molecule has 0 bridgehead atoms. The molecule has 0 saturated heterocycles. The van der Waals surface area contributed by atoms with Crippen LogP contribution in [0.15, 0.2) is 12.3 Å². The molecule has 0 atom stereocenters. The van der Waals surface area contributed by atoms with E-state index in [9.17, 15) is 0 Å². The highest BCUT2D eigenvalue weighted by Gasteiger charge is 2.26. The quantitative estimate of drug-likeness (QED) is 0.811. The van der Waals surface area contributed by atoms with E-state index in [1.807, 2.05) is 12.3 Å². The smallest absolute Gasteiger partial charge is 0.139 e. The summed E-state index contributed by atoms with van der Waals surface area (Å²) in [6.45, 7) is 7.64. The van der Waals surface area contributed by atoms with E-state index < -0.39 is 0 Å². The summed E-state index contributed by atoms with van der Waals surface area (Å²) >= 11 is 5.28. The van der Waals surface area contributed by atoms with Crippen LogP contribution >= 0.6 is 12.2 Å². The van der Waals surface area contributed by atoms with Gasteiger partial charge in [0, 0.05) is 18.8 Å². The van der Waals surface area contributed by atoms with Crippen LogP contribution in [0.5, 0.6) is 0 Å². The standard InChI is InChI=1S/C17H27N3S/c1-12(2)9-11-20(14-6-4-5-7-14)17-15(16(18)21)13(3)8-10-19-17/h8,10,12,14H,4-7,9,11H2,1-3H3,(H2,18,21). The lowest BCUT2D eigenvalue weighted by Gasteiger charge is -2.32. The minimum Gasteiger partial charge on any atom is -0.389 e. The molecular weight excluding hydrogens is 278 g/mol. The zero-order chi connectivity index (χ0) is 15.4. The SMILES string of the molecule is Cc1ccnc(N(CCC(C)C)C2CCCC2)c1C(N)=S. The highest BCUT2D eigenvalue weighted by Crippen LogP contribution is 2.30. The van der Waals surface area contributed by atoms with Crippen LogP contribution in [0.1, 0.15) is 57.1 Å². The van der Waals surface area contributed by atoms with E-state index in [0.717, 1.165) is 23.5 Å². The van der Waals surface area contributed by atoms with Crippen LogP contribution in [0.3, 0.4) is 0 Å². The van der Waals surface area contributed by atoms with Gasteiger partial charge in [-0.05, 0) is 43.7 Å². The number of hydrogen-bond donors (Lipinski definition) is 1. The first-order valence-corrected chi connectivity index (χ1v) is 8.43. The van der Waals surface area contributed by atoms with E-state index in [4.69, 9.17) is 18.0 Å². The fourth-order valence-corrected chi connectivity index (χ4v) is 3.39. The average Bonchev–Trinajstić information content (AvgIpc) is 2.92. The summed E-state index contributed by atoms with van der Waals surface area (Å²) in [5.41, 5.74) is 8.06. The number of anilines is 1. The maximum Gasteiger partial charge on any atom is 0.139 e. The van der Waals surface area contributed by atoms with Gasteiger partial charge in [0.1, 0.15) is 10.8 Å². The number of hydrogen-bond acceptors (Lipinski definition) is 3. The maximum absolute atomic E-state index is 5.97. The van der Waals surface area contributed by atoms with Gasteiger partial charge in [-0.2, -0.15) is 0 Å². The molecule has 1 saturated carbocycles. The third-order valence-electron chi connectivity index (χ3n) is 4.37. The molecule has 0 unspecified atom stereocenters. The normalized spacial score (nSPS) is 15.6. The number of aromatic nitrogens is 1. The molecule has 116 valence electrons. The third-order valence-corrected chi connectivity index (χ3v) is 4.57. The molecule has 3 nitrogen and oxygen atoms in total. The van der Waals surface area contributed by atoms with Gasteiger partial charge in [0.15, 0.2) is 0 Å². The van der Waals surface area contributed by atoms with Gasteiger partial charge in [-0.3, -0.25) is 0 Å². The van der Waals surface area contributed by atoms with E-state index in [1.54, 1.807) is 0 Å². The molecule has 1 fully saturated rings. The summed E-state index contributed by atoms with van der Waals surface area (Å²) in [6.07, 6.45) is 8.19. The highest BCUT2D eigenvalue weighted by molar-refractivity contribution is 7.80. The Morgan fingerprint density at radius 1 is 1.43 bits per heavy atom. The Morgan fingerprint density at radius 3 is 2.67 bits per heavy atom. The summed E-state index contributed by atoms with van der Waals surface area (Å²) in [4.78, 5) is 7.57. The van der Waals surface area contributed by atoms with Gasteiger partial charge >= 0.3 is 0 Å². The van der Waals surface area contributed by atoms with E-state index in [-0.39, 0.29) is 0 Å². The van der Waals surface area contributed by atoms with Gasteiger partial charge in [-0.1, -0.05) is 38.9 Å². The molecule has 0 radical (unpaired) electrons. The third kappa shape index (κ3) is 3.94. The minimum atomic E-state index is 0.461. The molecule has 2 rings (SSSR count). The second-order valence-corrected chi connectivity index (χ2v) is 6.94. The molecule has 1 aliphatic rings. The summed E-state index contributed by atoms with van der Waals surface area (Å²) in [5, 5.41) is 0. The molecule has 1 aromatic rings. The van der Waals surface area contributed by atoms with Crippen LogP contribution in [-0.2, 0) is 0 Å². The molecule has 2 N–H and O–H groups in total. The largest absolute Gasteiger partial charge is 0.389 e. The highest BCUT2D eigenvalue weighted by atomic mass is 32.1. The Kier molecular flexibility index (Phi) is 5.57. The van der Waals surface area contributed by atoms with Crippen LogP contribution in [-0.4, -0.2) is 22.6 Å². The van der Waals surface area contributed by atoms with Crippen LogP contribution < -0.4 is 10.6 Å². The van der Waals surface area contributed by atoms with Crippen molar-refractivity contribution >= 4 is 23.0 Å². The minimum absolute atomic E-state index is 0.461. The molecule has 0 aliphatic heterocycles. The number of rotatable bonds is 6. The predicted molar refractivity (Wildman–Crippen MR) is 93.9 cm³/mol. The van der Waals surface area contributed by atoms with Crippen molar-refractivity contribution in [1.29, 1.82) is 0 Å². The van der Waals surface area contributed by atoms with Crippen molar-refractivity contribution in [2.45, 2.75) is 58.9 Å². The Bertz CT molecular complexity index is 493. The molecule has 1 heterocycles. The van der Waals surface area contributed by atoms with Crippen molar-refractivity contribution in [3.63, 3.8) is 0 Å². The Labute approximate surface area is 133 Å². The topological polar surface area (TPSA) is 42.2 Å². The van der Waals surface area contributed by atoms with Gasteiger partial charge in [-0.25, -0.2) is 4.98 Å². The second kappa shape index (κ2) is 7.21. The van der Waals surface area contributed by atoms with Gasteiger partial charge in [0.05, 0.1) is 5.56 Å². The number of aryl methyl sites for hydroxylation is 1. The predicted octanol–water partition coefficient (Wildman–Crippen LogP) is 3.82. The zero-order valence-corrected chi connectivity index (χ0v) is 14.2. The molecule has 1 aromatic heterocycles. The van der Waals surface area contributed by atoms with E-state index in [2.05, 4.69) is 30.7 Å². The fraction of sp³-hybridized carbons (Fsp3) is 0.647. The summed E-state index contributed by atoms with van der Waals surface area (Å²) in [6, 6.07) is 2.58. The number of thiocarbonyl (C=S) groups is 1. The lowest BCUT2D eigenvalue weighted by Crippen LogP contribution is -2.37. The molecule has 4 heteroatoms. The summed E-state index contributed by atoms with van der Waals surface area (Å²) in [5.74, 6) is 1.68. The van der Waals surface area contributed by atoms with Crippen molar-refractivity contribution in [2.24, 2.45) is 11.7 Å². The number of pyridine rings is 1. The first-order chi connectivity index (χ1) is 10.0. The maximum atomic E-state index is 5.97. The Hall–Kier alpha value is -1.16. The van der Waals surface area contributed by atoms with Crippen LogP contribution in [0.4, 0.5) is 5.82 Å². The average molecular weight is 305 g/mol. The number of nitrogens with zero attached hydrogens (tertiary/aromatic N) is 2. The van der Waals surface area contributed by atoms with Crippen molar-refractivity contribution in [3.05, 3.63) is 23.4 Å². The van der Waals surface area contributed by atoms with E-state index in [0.29, 0.717) is 16.9 Å². The number of nitrogens with two attached hydrogens (primary N) is 1. The van der Waals surface area contributed by atoms with Crippen molar-refractivity contribution in [1.82, 2.24) is 4.98 Å². The van der Waals surface area contributed by atoms with Gasteiger partial charge in [-0.15, -0.1) is 0 Å². The first kappa shape index (κ1) is 16.2. The molecule has 0 spiro atoms. The van der Waals surface area contributed by atoms with Crippen molar-refractivity contribution < 1.29 is 0 Å². The lowest BCUT2D eigenvalue weighted by atomic mass is 10.1. The Balaban J connectivity index is 2.35. The Morgan fingerprint density at radius 2 is 2.10 bits per heavy atom. The van der Waals surface area contributed by atoms with E-state index in [1.165, 1.54) is 32.1 Å². The molecular formula is C17H27N3S. The van der Waals surface area contributed by atoms with Gasteiger partial charge < -0.3 is 10.6 Å². The van der Waals surface area contributed by atoms with E-state index >= 15 is 0 Å². The summed E-state index contributed by atoms with van der Waals surface area (Å²) in [7, 11) is 0. The summed E-state index contributed by atoms with van der Waals surface area (Å²) < 4.78 is 0. The lowest BCUT2D eigenvalue weighted by molar-refractivity contribution is 0.525. The molecule has 21 heavy (non-hydrogen) atoms. The van der Waals surface area contributed by atoms with Crippen molar-refractivity contribution in [2.75, 3.05) is 11.4 Å². The van der Waals surface area contributed by atoms with Crippen molar-refractivity contribution in [3.8, 4) is 0 Å². The van der Waals surface area contributed by atoms with Gasteiger partial charge in [0.2, 0.25) is 0 Å². The molecule has 1 aliphatic carbocycles.